The maximum absolute atomic E-state index is 12.6. The van der Waals surface area contributed by atoms with Crippen molar-refractivity contribution in [3.63, 3.8) is 0 Å². The molecule has 0 spiro atoms. The van der Waals surface area contributed by atoms with E-state index in [1.54, 1.807) is 0 Å². The van der Waals surface area contributed by atoms with Crippen LogP contribution in [0.1, 0.15) is 51.0 Å². The Morgan fingerprint density at radius 2 is 1.95 bits per heavy atom. The molecule has 0 aliphatic heterocycles. The van der Waals surface area contributed by atoms with Crippen LogP contribution >= 0.6 is 11.6 Å². The molecule has 2 fully saturated rings. The molecule has 0 saturated heterocycles. The van der Waals surface area contributed by atoms with Crippen LogP contribution in [0.4, 0.5) is 0 Å². The van der Waals surface area contributed by atoms with Crippen LogP contribution in [0.3, 0.4) is 0 Å². The minimum absolute atomic E-state index is 0.221. The Morgan fingerprint density at radius 1 is 1.25 bits per heavy atom. The van der Waals surface area contributed by atoms with E-state index in [1.165, 1.54) is 12.8 Å². The highest BCUT2D eigenvalue weighted by Crippen LogP contribution is 2.48. The highest BCUT2D eigenvalue weighted by Gasteiger charge is 2.51. The summed E-state index contributed by atoms with van der Waals surface area (Å²) in [7, 11) is 0. The van der Waals surface area contributed by atoms with Crippen molar-refractivity contribution in [3.05, 3.63) is 34.9 Å². The third-order valence-electron chi connectivity index (χ3n) is 4.85. The molecule has 0 bridgehead atoms. The molecule has 2 aliphatic rings. The van der Waals surface area contributed by atoms with Crippen molar-refractivity contribution in [2.24, 2.45) is 5.92 Å². The van der Waals surface area contributed by atoms with Gasteiger partial charge in [-0.05, 0) is 49.3 Å². The molecule has 1 aromatic rings. The van der Waals surface area contributed by atoms with Crippen LogP contribution in [-0.4, -0.2) is 11.9 Å². The fourth-order valence-electron chi connectivity index (χ4n) is 3.43. The number of nitrogens with one attached hydrogen (secondary N) is 1. The summed E-state index contributed by atoms with van der Waals surface area (Å²) >= 11 is 5.93. The van der Waals surface area contributed by atoms with Crippen molar-refractivity contribution < 1.29 is 4.79 Å². The van der Waals surface area contributed by atoms with Gasteiger partial charge in [0.1, 0.15) is 0 Å². The monoisotopic (exact) mass is 291 g/mol. The van der Waals surface area contributed by atoms with Gasteiger partial charge in [0.25, 0.3) is 0 Å². The van der Waals surface area contributed by atoms with E-state index in [2.05, 4.69) is 12.2 Å². The van der Waals surface area contributed by atoms with E-state index in [-0.39, 0.29) is 11.3 Å². The molecular weight excluding hydrogens is 270 g/mol. The predicted octanol–water partition coefficient (Wildman–Crippen LogP) is 4.07. The van der Waals surface area contributed by atoms with Crippen LogP contribution in [0, 0.1) is 5.92 Å². The van der Waals surface area contributed by atoms with E-state index in [9.17, 15) is 4.79 Å². The lowest BCUT2D eigenvalue weighted by molar-refractivity contribution is -0.124. The molecule has 0 aromatic heterocycles. The molecule has 2 nitrogen and oxygen atoms in total. The van der Waals surface area contributed by atoms with Gasteiger partial charge in [-0.15, -0.1) is 0 Å². The molecule has 0 heterocycles. The Bertz CT molecular complexity index is 492. The summed E-state index contributed by atoms with van der Waals surface area (Å²) in [5, 5.41) is 4.02. The minimum atomic E-state index is -0.273. The zero-order valence-electron chi connectivity index (χ0n) is 12.0. The van der Waals surface area contributed by atoms with Gasteiger partial charge in [-0.1, -0.05) is 43.5 Å². The van der Waals surface area contributed by atoms with Gasteiger partial charge in [-0.25, -0.2) is 0 Å². The molecule has 2 atom stereocenters. The van der Waals surface area contributed by atoms with Gasteiger partial charge in [0, 0.05) is 11.1 Å². The number of benzene rings is 1. The molecule has 1 aromatic carbocycles. The van der Waals surface area contributed by atoms with E-state index in [0.29, 0.717) is 6.04 Å². The summed E-state index contributed by atoms with van der Waals surface area (Å²) in [6.07, 6.45) is 6.72. The summed E-state index contributed by atoms with van der Waals surface area (Å²) < 4.78 is 0. The molecule has 20 heavy (non-hydrogen) atoms. The fourth-order valence-corrected chi connectivity index (χ4v) is 3.56. The SMILES string of the molecule is CC1CCCC(NC(=O)C2(c3ccc(Cl)cc3)CC2)C1. The first-order valence-corrected chi connectivity index (χ1v) is 8.05. The van der Waals surface area contributed by atoms with E-state index < -0.39 is 0 Å². The van der Waals surface area contributed by atoms with Gasteiger partial charge < -0.3 is 5.32 Å². The summed E-state index contributed by atoms with van der Waals surface area (Å²) in [5.41, 5.74) is 0.842. The Morgan fingerprint density at radius 3 is 2.55 bits per heavy atom. The predicted molar refractivity (Wildman–Crippen MR) is 81.9 cm³/mol. The van der Waals surface area contributed by atoms with Crippen molar-refractivity contribution >= 4 is 17.5 Å². The topological polar surface area (TPSA) is 29.1 Å². The Hall–Kier alpha value is -1.02. The lowest BCUT2D eigenvalue weighted by Gasteiger charge is -2.29. The van der Waals surface area contributed by atoms with Crippen molar-refractivity contribution in [1.82, 2.24) is 5.32 Å². The number of hydrogen-bond donors (Lipinski definition) is 1. The van der Waals surface area contributed by atoms with Crippen LogP contribution in [0.25, 0.3) is 0 Å². The van der Waals surface area contributed by atoms with E-state index in [4.69, 9.17) is 11.6 Å². The highest BCUT2D eigenvalue weighted by molar-refractivity contribution is 6.30. The Kier molecular flexibility index (Phi) is 3.76. The first-order valence-electron chi connectivity index (χ1n) is 7.67. The van der Waals surface area contributed by atoms with Crippen molar-refractivity contribution in [3.8, 4) is 0 Å². The van der Waals surface area contributed by atoms with Gasteiger partial charge >= 0.3 is 0 Å². The quantitative estimate of drug-likeness (QED) is 0.894. The summed E-state index contributed by atoms with van der Waals surface area (Å²) in [6, 6.07) is 8.13. The standard InChI is InChI=1S/C17H22ClNO/c1-12-3-2-4-15(11-12)19-16(20)17(9-10-17)13-5-7-14(18)8-6-13/h5-8,12,15H,2-4,9-11H2,1H3,(H,19,20). The third kappa shape index (κ3) is 2.71. The Balaban J connectivity index is 1.68. The minimum Gasteiger partial charge on any atom is -0.353 e. The first kappa shape index (κ1) is 13.9. The second kappa shape index (κ2) is 5.40. The second-order valence-electron chi connectivity index (χ2n) is 6.53. The fraction of sp³-hybridized carbons (Fsp3) is 0.588. The maximum Gasteiger partial charge on any atom is 0.230 e. The van der Waals surface area contributed by atoms with E-state index in [0.717, 1.165) is 42.2 Å². The van der Waals surface area contributed by atoms with Crippen molar-refractivity contribution in [2.75, 3.05) is 0 Å². The zero-order chi connectivity index (χ0) is 14.2. The number of amides is 1. The third-order valence-corrected chi connectivity index (χ3v) is 5.11. The lowest BCUT2D eigenvalue weighted by Crippen LogP contribution is -2.43. The number of carbonyl (C=O) groups is 1. The second-order valence-corrected chi connectivity index (χ2v) is 6.97. The van der Waals surface area contributed by atoms with Gasteiger partial charge in [0.15, 0.2) is 0 Å². The number of carbonyl (C=O) groups excluding carboxylic acids is 1. The average molecular weight is 292 g/mol. The smallest absolute Gasteiger partial charge is 0.230 e. The van der Waals surface area contributed by atoms with Gasteiger partial charge in [-0.2, -0.15) is 0 Å². The zero-order valence-corrected chi connectivity index (χ0v) is 12.7. The summed E-state index contributed by atoms with van der Waals surface area (Å²) in [4.78, 5) is 12.6. The van der Waals surface area contributed by atoms with Gasteiger partial charge in [0.05, 0.1) is 5.41 Å². The molecule has 1 N–H and O–H groups in total. The maximum atomic E-state index is 12.6. The molecule has 3 heteroatoms. The number of halogens is 1. The van der Waals surface area contributed by atoms with Crippen molar-refractivity contribution in [2.45, 2.75) is 56.9 Å². The summed E-state index contributed by atoms with van der Waals surface area (Å²) in [6.45, 7) is 2.28. The molecular formula is C17H22ClNO. The van der Waals surface area contributed by atoms with Crippen LogP contribution in [0.2, 0.25) is 5.02 Å². The molecule has 3 rings (SSSR count). The largest absolute Gasteiger partial charge is 0.353 e. The molecule has 0 radical (unpaired) electrons. The normalized spacial score (nSPS) is 27.9. The Labute approximate surface area is 125 Å². The van der Waals surface area contributed by atoms with Crippen molar-refractivity contribution in [1.29, 1.82) is 0 Å². The molecule has 108 valence electrons. The highest BCUT2D eigenvalue weighted by atomic mass is 35.5. The molecule has 2 aliphatic carbocycles. The van der Waals surface area contributed by atoms with Crippen LogP contribution in [0.15, 0.2) is 24.3 Å². The van der Waals surface area contributed by atoms with Crippen LogP contribution in [-0.2, 0) is 10.2 Å². The number of rotatable bonds is 3. The molecule has 2 unspecified atom stereocenters. The lowest BCUT2D eigenvalue weighted by atomic mass is 9.86. The van der Waals surface area contributed by atoms with E-state index >= 15 is 0 Å². The van der Waals surface area contributed by atoms with Gasteiger partial charge in [0.2, 0.25) is 5.91 Å². The molecule has 2 saturated carbocycles. The first-order chi connectivity index (χ1) is 9.60. The average Bonchev–Trinajstić information content (AvgIpc) is 3.21. The van der Waals surface area contributed by atoms with Crippen LogP contribution in [0.5, 0.6) is 0 Å². The van der Waals surface area contributed by atoms with E-state index in [1.807, 2.05) is 24.3 Å². The number of hydrogen-bond acceptors (Lipinski definition) is 1. The van der Waals surface area contributed by atoms with Crippen LogP contribution < -0.4 is 5.32 Å². The van der Waals surface area contributed by atoms with Gasteiger partial charge in [-0.3, -0.25) is 4.79 Å². The molecule has 1 amide bonds. The summed E-state index contributed by atoms with van der Waals surface area (Å²) in [5.74, 6) is 0.957.